The van der Waals surface area contributed by atoms with Gasteiger partial charge >= 0.3 is 5.97 Å². The van der Waals surface area contributed by atoms with Gasteiger partial charge in [0.1, 0.15) is 0 Å². The number of carbonyl (C=O) groups is 4. The van der Waals surface area contributed by atoms with Gasteiger partial charge in [0.2, 0.25) is 11.8 Å². The summed E-state index contributed by atoms with van der Waals surface area (Å²) in [6.45, 7) is -0.354. The van der Waals surface area contributed by atoms with Gasteiger partial charge in [-0.3, -0.25) is 19.3 Å². The van der Waals surface area contributed by atoms with Crippen molar-refractivity contribution in [2.24, 2.45) is 23.7 Å². The maximum Gasteiger partial charge on any atom is 0.338 e. The Morgan fingerprint density at radius 2 is 1.43 bits per heavy atom. The van der Waals surface area contributed by atoms with E-state index in [4.69, 9.17) is 4.74 Å². The molecular weight excluding hydrogens is 382 g/mol. The van der Waals surface area contributed by atoms with Crippen LogP contribution in [0.2, 0.25) is 0 Å². The fourth-order valence-electron chi connectivity index (χ4n) is 4.83. The van der Waals surface area contributed by atoms with E-state index in [0.29, 0.717) is 11.3 Å². The van der Waals surface area contributed by atoms with Crippen molar-refractivity contribution in [3.05, 3.63) is 77.9 Å². The van der Waals surface area contributed by atoms with Gasteiger partial charge in [-0.25, -0.2) is 4.79 Å². The summed E-state index contributed by atoms with van der Waals surface area (Å²) in [6, 6.07) is 14.8. The third-order valence-electron chi connectivity index (χ3n) is 6.26. The molecule has 5 rings (SSSR count). The highest BCUT2D eigenvalue weighted by atomic mass is 16.5. The molecule has 1 saturated carbocycles. The molecule has 0 N–H and O–H groups in total. The molecule has 1 heterocycles. The molecule has 2 amide bonds. The Kier molecular flexibility index (Phi) is 4.35. The van der Waals surface area contributed by atoms with E-state index in [1.807, 2.05) is 0 Å². The Hall–Kier alpha value is -3.54. The summed E-state index contributed by atoms with van der Waals surface area (Å²) in [4.78, 5) is 51.3. The van der Waals surface area contributed by atoms with E-state index in [0.717, 1.165) is 6.42 Å². The quantitative estimate of drug-likeness (QED) is 0.333. The minimum Gasteiger partial charge on any atom is -0.454 e. The summed E-state index contributed by atoms with van der Waals surface area (Å²) in [5.74, 6) is -1.47. The molecule has 0 spiro atoms. The Morgan fingerprint density at radius 1 is 0.833 bits per heavy atom. The molecule has 0 aromatic heterocycles. The molecule has 6 nitrogen and oxygen atoms in total. The number of anilines is 1. The van der Waals surface area contributed by atoms with Gasteiger partial charge in [-0.05, 0) is 42.5 Å². The second-order valence-electron chi connectivity index (χ2n) is 7.92. The van der Waals surface area contributed by atoms with Crippen LogP contribution >= 0.6 is 0 Å². The molecule has 30 heavy (non-hydrogen) atoms. The van der Waals surface area contributed by atoms with Crippen molar-refractivity contribution in [3.8, 4) is 0 Å². The molecule has 150 valence electrons. The van der Waals surface area contributed by atoms with Crippen LogP contribution < -0.4 is 4.90 Å². The zero-order chi connectivity index (χ0) is 20.8. The van der Waals surface area contributed by atoms with Crippen LogP contribution in [0.5, 0.6) is 0 Å². The van der Waals surface area contributed by atoms with E-state index in [1.54, 1.807) is 42.5 Å². The number of allylic oxidation sites excluding steroid dienone is 2. The van der Waals surface area contributed by atoms with E-state index in [9.17, 15) is 19.2 Å². The Morgan fingerprint density at radius 3 is 2.03 bits per heavy atom. The lowest BCUT2D eigenvalue weighted by Gasteiger charge is -2.17. The van der Waals surface area contributed by atoms with Crippen LogP contribution in [0.15, 0.2) is 66.7 Å². The molecule has 0 radical (unpaired) electrons. The van der Waals surface area contributed by atoms with Crippen LogP contribution in [-0.2, 0) is 14.3 Å². The van der Waals surface area contributed by atoms with Gasteiger partial charge < -0.3 is 4.74 Å². The number of hydrogen-bond acceptors (Lipinski definition) is 5. The minimum atomic E-state index is -0.635. The van der Waals surface area contributed by atoms with Crippen molar-refractivity contribution in [2.45, 2.75) is 6.42 Å². The average Bonchev–Trinajstić information content (AvgIpc) is 3.46. The molecule has 2 aromatic rings. The minimum absolute atomic E-state index is 0.151. The van der Waals surface area contributed by atoms with Gasteiger partial charge in [0.15, 0.2) is 12.4 Å². The van der Waals surface area contributed by atoms with Gasteiger partial charge in [-0.1, -0.05) is 42.5 Å². The van der Waals surface area contributed by atoms with E-state index in [-0.39, 0.29) is 53.4 Å². The molecule has 2 fully saturated rings. The first kappa shape index (κ1) is 18.5. The first-order valence-corrected chi connectivity index (χ1v) is 9.96. The van der Waals surface area contributed by atoms with Crippen LogP contribution in [0.1, 0.15) is 27.1 Å². The van der Waals surface area contributed by atoms with Crippen molar-refractivity contribution in [1.29, 1.82) is 0 Å². The lowest BCUT2D eigenvalue weighted by Crippen LogP contribution is -2.32. The van der Waals surface area contributed by atoms with Gasteiger partial charge in [0.05, 0.1) is 23.1 Å². The zero-order valence-corrected chi connectivity index (χ0v) is 16.1. The normalized spacial score (nSPS) is 26.2. The Labute approximate surface area is 173 Å². The first-order chi connectivity index (χ1) is 14.5. The van der Waals surface area contributed by atoms with Gasteiger partial charge in [0, 0.05) is 5.56 Å². The number of fused-ring (bicyclic) bond motifs is 5. The van der Waals surface area contributed by atoms with Crippen molar-refractivity contribution in [1.82, 2.24) is 0 Å². The molecule has 3 aliphatic rings. The van der Waals surface area contributed by atoms with Crippen LogP contribution in [-0.4, -0.2) is 30.2 Å². The molecule has 2 bridgehead atoms. The summed E-state index contributed by atoms with van der Waals surface area (Å²) in [5, 5.41) is 0. The summed E-state index contributed by atoms with van der Waals surface area (Å²) in [6.07, 6.45) is 4.99. The fourth-order valence-corrected chi connectivity index (χ4v) is 4.83. The monoisotopic (exact) mass is 401 g/mol. The maximum absolute atomic E-state index is 12.9. The summed E-state index contributed by atoms with van der Waals surface area (Å²) < 4.78 is 5.10. The molecule has 6 heteroatoms. The predicted octanol–water partition coefficient (Wildman–Crippen LogP) is 3.04. The molecule has 4 unspecified atom stereocenters. The van der Waals surface area contributed by atoms with Crippen molar-refractivity contribution in [2.75, 3.05) is 11.5 Å². The summed E-state index contributed by atoms with van der Waals surface area (Å²) in [7, 11) is 0. The highest BCUT2D eigenvalue weighted by molar-refractivity contribution is 6.22. The average molecular weight is 401 g/mol. The van der Waals surface area contributed by atoms with E-state index in [2.05, 4.69) is 12.2 Å². The van der Waals surface area contributed by atoms with Crippen LogP contribution in [0.25, 0.3) is 0 Å². The number of nitrogens with zero attached hydrogens (tertiary/aromatic N) is 1. The molecule has 2 aliphatic carbocycles. The number of benzene rings is 2. The Balaban J connectivity index is 1.26. The molecule has 4 atom stereocenters. The largest absolute Gasteiger partial charge is 0.454 e. The van der Waals surface area contributed by atoms with Crippen molar-refractivity contribution < 1.29 is 23.9 Å². The predicted molar refractivity (Wildman–Crippen MR) is 108 cm³/mol. The number of ether oxygens (including phenoxy) is 1. The topological polar surface area (TPSA) is 80.8 Å². The SMILES string of the molecule is O=C(COC(=O)c1ccc(N2C(=O)C3C4C=CC(C4)C3C2=O)cc1)c1ccccc1. The molecular formula is C24H19NO5. The third-order valence-corrected chi connectivity index (χ3v) is 6.26. The van der Waals surface area contributed by atoms with E-state index in [1.165, 1.54) is 17.0 Å². The number of imide groups is 1. The van der Waals surface area contributed by atoms with Gasteiger partial charge in [-0.15, -0.1) is 0 Å². The van der Waals surface area contributed by atoms with Gasteiger partial charge in [-0.2, -0.15) is 0 Å². The second kappa shape index (κ2) is 7.06. The lowest BCUT2D eigenvalue weighted by atomic mass is 9.85. The smallest absolute Gasteiger partial charge is 0.338 e. The summed E-state index contributed by atoms with van der Waals surface area (Å²) >= 11 is 0. The van der Waals surface area contributed by atoms with Crippen molar-refractivity contribution >= 4 is 29.3 Å². The number of carbonyl (C=O) groups excluding carboxylic acids is 4. The molecule has 2 aromatic carbocycles. The second-order valence-corrected chi connectivity index (χ2v) is 7.92. The maximum atomic E-state index is 12.9. The lowest BCUT2D eigenvalue weighted by molar-refractivity contribution is -0.123. The highest BCUT2D eigenvalue weighted by Crippen LogP contribution is 2.53. The molecule has 1 saturated heterocycles. The number of ketones is 1. The van der Waals surface area contributed by atoms with Crippen molar-refractivity contribution in [3.63, 3.8) is 0 Å². The standard InChI is InChI=1S/C24H19NO5/c26-19(14-4-2-1-3-5-14)13-30-24(29)15-8-10-18(11-9-15)25-22(27)20-16-6-7-17(12-16)21(20)23(25)28/h1-11,16-17,20-21H,12-13H2. The summed E-state index contributed by atoms with van der Waals surface area (Å²) in [5.41, 5.74) is 1.18. The number of rotatable bonds is 5. The van der Waals surface area contributed by atoms with Crippen LogP contribution in [0, 0.1) is 23.7 Å². The number of amides is 2. The van der Waals surface area contributed by atoms with E-state index < -0.39 is 5.97 Å². The third kappa shape index (κ3) is 2.87. The number of esters is 1. The Bertz CT molecular complexity index is 1040. The van der Waals surface area contributed by atoms with Crippen LogP contribution in [0.4, 0.5) is 5.69 Å². The number of hydrogen-bond donors (Lipinski definition) is 0. The number of Topliss-reactive ketones (excluding diaryl/α,β-unsaturated/α-hetero) is 1. The molecule has 1 aliphatic heterocycles. The zero-order valence-electron chi connectivity index (χ0n) is 16.1. The van der Waals surface area contributed by atoms with E-state index >= 15 is 0 Å². The fraction of sp³-hybridized carbons (Fsp3) is 0.250. The van der Waals surface area contributed by atoms with Gasteiger partial charge in [0.25, 0.3) is 0 Å². The highest BCUT2D eigenvalue weighted by Gasteiger charge is 2.59. The first-order valence-electron chi connectivity index (χ1n) is 9.96. The van der Waals surface area contributed by atoms with Crippen LogP contribution in [0.3, 0.4) is 0 Å².